The van der Waals surface area contributed by atoms with Crippen molar-refractivity contribution in [2.45, 2.75) is 31.9 Å². The van der Waals surface area contributed by atoms with E-state index in [0.717, 1.165) is 18.5 Å². The zero-order chi connectivity index (χ0) is 22.4. The number of nitrogens with one attached hydrogen (secondary N) is 1. The summed E-state index contributed by atoms with van der Waals surface area (Å²) in [7, 11) is 0. The highest BCUT2D eigenvalue weighted by Crippen LogP contribution is 2.42. The van der Waals surface area contributed by atoms with Gasteiger partial charge in [0.1, 0.15) is 17.3 Å². The van der Waals surface area contributed by atoms with Crippen molar-refractivity contribution in [2.75, 3.05) is 29.9 Å². The average Bonchev–Trinajstić information content (AvgIpc) is 3.48. The van der Waals surface area contributed by atoms with E-state index in [0.29, 0.717) is 41.7 Å². The number of benzene rings is 1. The van der Waals surface area contributed by atoms with Gasteiger partial charge in [-0.15, -0.1) is 0 Å². The molecule has 10 heteroatoms. The van der Waals surface area contributed by atoms with Crippen molar-refractivity contribution in [1.82, 2.24) is 19.5 Å². The minimum Gasteiger partial charge on any atom is -0.391 e. The molecule has 2 fully saturated rings. The normalized spacial score (nSPS) is 23.3. The smallest absolute Gasteiger partial charge is 0.322 e. The molecule has 4 heterocycles. The van der Waals surface area contributed by atoms with Gasteiger partial charge in [0, 0.05) is 30.9 Å². The molecule has 8 nitrogen and oxygen atoms in total. The third kappa shape index (κ3) is 3.75. The van der Waals surface area contributed by atoms with Gasteiger partial charge >= 0.3 is 6.03 Å². The molecule has 2 aliphatic rings. The molecule has 0 bridgehead atoms. The second-order valence-electron chi connectivity index (χ2n) is 8.50. The van der Waals surface area contributed by atoms with Crippen LogP contribution in [-0.4, -0.2) is 56.4 Å². The highest BCUT2D eigenvalue weighted by molar-refractivity contribution is 6.31. The molecule has 0 saturated carbocycles. The number of aliphatic hydroxyl groups excluding tert-OH is 1. The summed E-state index contributed by atoms with van der Waals surface area (Å²) in [5, 5.41) is 17.4. The van der Waals surface area contributed by atoms with Crippen LogP contribution < -0.4 is 10.2 Å². The molecule has 2 saturated heterocycles. The largest absolute Gasteiger partial charge is 0.391 e. The number of urea groups is 1. The zero-order valence-electron chi connectivity index (χ0n) is 17.6. The minimum absolute atomic E-state index is 0.111. The van der Waals surface area contributed by atoms with Crippen LogP contribution in [0.15, 0.2) is 36.7 Å². The summed E-state index contributed by atoms with van der Waals surface area (Å²) >= 11 is 6.43. The number of hydrogen-bond donors (Lipinski definition) is 2. The van der Waals surface area contributed by atoms with Crippen LogP contribution in [0.3, 0.4) is 0 Å². The van der Waals surface area contributed by atoms with Crippen LogP contribution in [0.4, 0.5) is 20.7 Å². The fourth-order valence-electron chi connectivity index (χ4n) is 4.65. The van der Waals surface area contributed by atoms with Crippen LogP contribution in [0.5, 0.6) is 0 Å². The number of carbonyl (C=O) groups is 1. The van der Waals surface area contributed by atoms with Gasteiger partial charge < -0.3 is 20.2 Å². The molecule has 168 valence electrons. The lowest BCUT2D eigenvalue weighted by atomic mass is 9.95. The van der Waals surface area contributed by atoms with Crippen molar-refractivity contribution >= 4 is 34.8 Å². The molecule has 1 aromatic carbocycles. The Balaban J connectivity index is 1.46. The van der Waals surface area contributed by atoms with Gasteiger partial charge in [0.05, 0.1) is 18.3 Å². The van der Waals surface area contributed by atoms with E-state index in [1.54, 1.807) is 27.9 Å². The van der Waals surface area contributed by atoms with E-state index in [9.17, 15) is 14.3 Å². The first kappa shape index (κ1) is 21.0. The molecule has 0 spiro atoms. The summed E-state index contributed by atoms with van der Waals surface area (Å²) in [6.45, 7) is 3.70. The number of hydrogen-bond acceptors (Lipinski definition) is 5. The maximum Gasteiger partial charge on any atom is 0.322 e. The molecule has 0 radical (unpaired) electrons. The quantitative estimate of drug-likeness (QED) is 0.625. The first-order valence-corrected chi connectivity index (χ1v) is 11.1. The average molecular weight is 459 g/mol. The number of amides is 2. The number of carbonyl (C=O) groups excluding carboxylic acids is 1. The van der Waals surface area contributed by atoms with Gasteiger partial charge in [-0.25, -0.2) is 18.7 Å². The fourth-order valence-corrected chi connectivity index (χ4v) is 4.88. The molecule has 2 aliphatic heterocycles. The van der Waals surface area contributed by atoms with Crippen molar-refractivity contribution in [2.24, 2.45) is 5.92 Å². The Labute approximate surface area is 189 Å². The third-order valence-electron chi connectivity index (χ3n) is 6.32. The summed E-state index contributed by atoms with van der Waals surface area (Å²) in [4.78, 5) is 21.0. The summed E-state index contributed by atoms with van der Waals surface area (Å²) < 4.78 is 15.6. The molecule has 5 rings (SSSR count). The van der Waals surface area contributed by atoms with Crippen molar-refractivity contribution < 1.29 is 14.3 Å². The Kier molecular flexibility index (Phi) is 5.38. The highest BCUT2D eigenvalue weighted by Gasteiger charge is 2.35. The first-order valence-electron chi connectivity index (χ1n) is 10.7. The Morgan fingerprint density at radius 2 is 2.12 bits per heavy atom. The van der Waals surface area contributed by atoms with Gasteiger partial charge in [0.15, 0.2) is 5.65 Å². The number of fused-ring (bicyclic) bond motifs is 1. The van der Waals surface area contributed by atoms with E-state index >= 15 is 0 Å². The third-order valence-corrected chi connectivity index (χ3v) is 6.66. The van der Waals surface area contributed by atoms with E-state index in [1.807, 2.05) is 6.07 Å². The zero-order valence-corrected chi connectivity index (χ0v) is 18.3. The van der Waals surface area contributed by atoms with Crippen LogP contribution in [0, 0.1) is 11.7 Å². The Hall–Kier alpha value is -2.91. The molecule has 2 amide bonds. The molecule has 3 aromatic rings. The Bertz CT molecular complexity index is 1170. The standard InChI is InChI=1S/C22H24ClFN6O2/c1-13-4-8-29(20(13)16-10-14(24)2-3-17(16)23)19-6-9-30-21(27-19)18(11-25-30)26-22(32)28-7-5-15(31)12-28/h2-3,6,9-11,13,15,20,31H,4-5,7-8,12H2,1H3,(H,26,32)/t13-,15-,20-/m1/s1. The number of nitrogens with zero attached hydrogens (tertiary/aromatic N) is 5. The number of β-amino-alcohol motifs (C(OH)–C–C–N with tert-alkyl or cyclic N) is 1. The highest BCUT2D eigenvalue weighted by atomic mass is 35.5. The van der Waals surface area contributed by atoms with Crippen LogP contribution in [0.25, 0.3) is 5.65 Å². The second kappa shape index (κ2) is 8.22. The number of aromatic nitrogens is 3. The first-order chi connectivity index (χ1) is 15.4. The molecule has 2 aromatic heterocycles. The van der Waals surface area contributed by atoms with Gasteiger partial charge in [-0.3, -0.25) is 0 Å². The SMILES string of the molecule is C[C@@H]1CCN(c2ccn3ncc(NC(=O)N4CC[C@@H](O)C4)c3n2)[C@H]1c1cc(F)ccc1Cl. The van der Waals surface area contributed by atoms with Crippen molar-refractivity contribution in [3.63, 3.8) is 0 Å². The van der Waals surface area contributed by atoms with Gasteiger partial charge in [0.2, 0.25) is 0 Å². The van der Waals surface area contributed by atoms with Crippen molar-refractivity contribution in [3.05, 3.63) is 53.1 Å². The maximum absolute atomic E-state index is 14.0. The lowest BCUT2D eigenvalue weighted by molar-refractivity contribution is 0.176. The lowest BCUT2D eigenvalue weighted by Crippen LogP contribution is -2.33. The summed E-state index contributed by atoms with van der Waals surface area (Å²) in [5.74, 6) is 0.650. The summed E-state index contributed by atoms with van der Waals surface area (Å²) in [5.41, 5.74) is 1.75. The lowest BCUT2D eigenvalue weighted by Gasteiger charge is -2.29. The van der Waals surface area contributed by atoms with Gasteiger partial charge in [0.25, 0.3) is 0 Å². The Morgan fingerprint density at radius 3 is 2.91 bits per heavy atom. The van der Waals surface area contributed by atoms with E-state index < -0.39 is 6.10 Å². The molecule has 0 unspecified atom stereocenters. The number of anilines is 2. The van der Waals surface area contributed by atoms with Crippen molar-refractivity contribution in [3.8, 4) is 0 Å². The Morgan fingerprint density at radius 1 is 1.28 bits per heavy atom. The predicted octanol–water partition coefficient (Wildman–Crippen LogP) is 3.71. The molecule has 2 N–H and O–H groups in total. The topological polar surface area (TPSA) is 86.0 Å². The van der Waals surface area contributed by atoms with E-state index in [4.69, 9.17) is 16.6 Å². The molecular weight excluding hydrogens is 435 g/mol. The molecule has 3 atom stereocenters. The molecule has 32 heavy (non-hydrogen) atoms. The van der Waals surface area contributed by atoms with Crippen molar-refractivity contribution in [1.29, 1.82) is 0 Å². The minimum atomic E-state index is -0.488. The monoisotopic (exact) mass is 458 g/mol. The number of aliphatic hydroxyl groups is 1. The van der Waals surface area contributed by atoms with Crippen LogP contribution in [0.2, 0.25) is 5.02 Å². The van der Waals surface area contributed by atoms with Gasteiger partial charge in [-0.2, -0.15) is 5.10 Å². The van der Waals surface area contributed by atoms with Gasteiger partial charge in [-0.05, 0) is 48.6 Å². The van der Waals surface area contributed by atoms with Gasteiger partial charge in [-0.1, -0.05) is 18.5 Å². The number of halogens is 2. The fraction of sp³-hybridized carbons (Fsp3) is 0.409. The summed E-state index contributed by atoms with van der Waals surface area (Å²) in [6.07, 6.45) is 4.36. The molecular formula is C22H24ClFN6O2. The number of likely N-dealkylation sites (tertiary alicyclic amines) is 1. The predicted molar refractivity (Wildman–Crippen MR) is 119 cm³/mol. The van der Waals surface area contributed by atoms with E-state index in [2.05, 4.69) is 22.2 Å². The van der Waals surface area contributed by atoms with Crippen LogP contribution in [-0.2, 0) is 0 Å². The maximum atomic E-state index is 14.0. The van der Waals surface area contributed by atoms with E-state index in [1.165, 1.54) is 12.1 Å². The number of rotatable bonds is 3. The summed E-state index contributed by atoms with van der Waals surface area (Å²) in [6, 6.07) is 5.91. The van der Waals surface area contributed by atoms with E-state index in [-0.39, 0.29) is 23.8 Å². The second-order valence-corrected chi connectivity index (χ2v) is 8.91. The van der Waals surface area contributed by atoms with Crippen LogP contribution >= 0.6 is 11.6 Å². The van der Waals surface area contributed by atoms with Crippen LogP contribution in [0.1, 0.15) is 31.4 Å². The molecule has 0 aliphatic carbocycles.